The highest BCUT2D eigenvalue weighted by Crippen LogP contribution is 2.37. The molecule has 1 aliphatic rings. The van der Waals surface area contributed by atoms with Gasteiger partial charge in [-0.15, -0.1) is 0 Å². The molecule has 2 heterocycles. The Morgan fingerprint density at radius 3 is 2.27 bits per heavy atom. The molecular formula is C31H45N5O3S. The molecule has 0 amide bonds. The number of piperidine rings is 1. The van der Waals surface area contributed by atoms with Gasteiger partial charge in [-0.2, -0.15) is 4.98 Å². The van der Waals surface area contributed by atoms with Crippen molar-refractivity contribution < 1.29 is 13.2 Å². The maximum absolute atomic E-state index is 12.9. The van der Waals surface area contributed by atoms with E-state index in [-0.39, 0.29) is 11.0 Å². The van der Waals surface area contributed by atoms with E-state index in [1.807, 2.05) is 34.6 Å². The number of benzene rings is 2. The second-order valence-electron chi connectivity index (χ2n) is 10.5. The average molecular weight is 568 g/mol. The van der Waals surface area contributed by atoms with E-state index in [4.69, 9.17) is 9.72 Å². The van der Waals surface area contributed by atoms with Gasteiger partial charge in [-0.3, -0.25) is 0 Å². The number of hydrogen-bond acceptors (Lipinski definition) is 8. The summed E-state index contributed by atoms with van der Waals surface area (Å²) in [5.41, 5.74) is 4.60. The summed E-state index contributed by atoms with van der Waals surface area (Å²) in [5, 5.41) is 9.48. The van der Waals surface area contributed by atoms with Crippen molar-refractivity contribution in [1.82, 2.24) is 15.3 Å². The van der Waals surface area contributed by atoms with Crippen LogP contribution in [0.1, 0.15) is 77.0 Å². The number of rotatable bonds is 9. The van der Waals surface area contributed by atoms with Crippen LogP contribution in [0.5, 0.6) is 5.75 Å². The Labute approximate surface area is 240 Å². The summed E-state index contributed by atoms with van der Waals surface area (Å²) in [6.45, 7) is 17.5. The topological polar surface area (TPSA) is 105 Å². The fraction of sp³-hybridized carbons (Fsp3) is 0.484. The fourth-order valence-electron chi connectivity index (χ4n) is 4.67. The monoisotopic (exact) mass is 567 g/mol. The number of aryl methyl sites for hydroxylation is 2. The minimum atomic E-state index is -3.48. The Kier molecular flexibility index (Phi) is 10.9. The molecule has 9 heteroatoms. The Balaban J connectivity index is 0.00000216. The number of aromatic nitrogens is 2. The summed E-state index contributed by atoms with van der Waals surface area (Å²) in [5.74, 6) is 2.20. The van der Waals surface area contributed by atoms with E-state index in [2.05, 4.69) is 40.0 Å². The maximum Gasteiger partial charge on any atom is 0.229 e. The molecule has 2 aromatic carbocycles. The normalized spacial score (nSPS) is 14.1. The number of ether oxygens (including phenoxy) is 1. The van der Waals surface area contributed by atoms with Crippen LogP contribution in [0.15, 0.2) is 47.5 Å². The van der Waals surface area contributed by atoms with Gasteiger partial charge < -0.3 is 20.7 Å². The van der Waals surface area contributed by atoms with E-state index in [0.717, 1.165) is 42.9 Å². The van der Waals surface area contributed by atoms with Crippen molar-refractivity contribution in [1.29, 1.82) is 0 Å². The smallest absolute Gasteiger partial charge is 0.229 e. The standard InChI is InChI=1S/C29H39N5O3S.C2H6/c1-18(2)37-26-16-23(22-11-13-30-14-12-22)20(5)15-25(26)33-29-31-17-21(6)28(34-29)32-24-9-7-8-10-27(24)38(35,36)19(3)4;1-2/h7-10,15-19,22,30H,11-14H2,1-6H3,(H2,31,32,33,34);1-2H3. The predicted octanol–water partition coefficient (Wildman–Crippen LogP) is 7.04. The molecular weight excluding hydrogens is 522 g/mol. The zero-order valence-corrected chi connectivity index (χ0v) is 25.9. The molecule has 40 heavy (non-hydrogen) atoms. The molecule has 8 nitrogen and oxygen atoms in total. The quantitative estimate of drug-likeness (QED) is 0.253. The summed E-state index contributed by atoms with van der Waals surface area (Å²) < 4.78 is 32.1. The van der Waals surface area contributed by atoms with Gasteiger partial charge in [-0.05, 0) is 109 Å². The van der Waals surface area contributed by atoms with E-state index in [1.54, 1.807) is 44.3 Å². The van der Waals surface area contributed by atoms with Crippen LogP contribution in [0.4, 0.5) is 23.1 Å². The lowest BCUT2D eigenvalue weighted by Crippen LogP contribution is -2.27. The van der Waals surface area contributed by atoms with Gasteiger partial charge in [0.25, 0.3) is 0 Å². The third-order valence-corrected chi connectivity index (χ3v) is 9.01. The first-order valence-corrected chi connectivity index (χ1v) is 15.8. The SMILES string of the molecule is CC.Cc1cc(Nc2ncc(C)c(Nc3ccccc3S(=O)(=O)C(C)C)n2)c(OC(C)C)cc1C1CCNCC1. The van der Waals surface area contributed by atoms with Crippen molar-refractivity contribution in [3.05, 3.63) is 59.3 Å². The van der Waals surface area contributed by atoms with Gasteiger partial charge in [0.1, 0.15) is 11.6 Å². The molecule has 0 aliphatic carbocycles. The second-order valence-corrected chi connectivity index (χ2v) is 12.9. The summed E-state index contributed by atoms with van der Waals surface area (Å²) >= 11 is 0. The number of sulfone groups is 1. The van der Waals surface area contributed by atoms with Gasteiger partial charge in [0.05, 0.1) is 27.6 Å². The van der Waals surface area contributed by atoms with Crippen molar-refractivity contribution in [2.24, 2.45) is 0 Å². The Bertz CT molecular complexity index is 1380. The molecule has 4 rings (SSSR count). The highest BCUT2D eigenvalue weighted by Gasteiger charge is 2.23. The number of hydrogen-bond donors (Lipinski definition) is 3. The van der Waals surface area contributed by atoms with Crippen molar-refractivity contribution in [3.8, 4) is 5.75 Å². The van der Waals surface area contributed by atoms with Crippen LogP contribution in [0.2, 0.25) is 0 Å². The zero-order chi connectivity index (χ0) is 29.4. The molecule has 1 fully saturated rings. The summed E-state index contributed by atoms with van der Waals surface area (Å²) in [4.78, 5) is 9.44. The molecule has 1 aliphatic heterocycles. The molecule has 0 spiro atoms. The average Bonchev–Trinajstić information content (AvgIpc) is 2.93. The van der Waals surface area contributed by atoms with Gasteiger partial charge >= 0.3 is 0 Å². The second kappa shape index (κ2) is 13.9. The molecule has 0 bridgehead atoms. The molecule has 3 aromatic rings. The summed E-state index contributed by atoms with van der Waals surface area (Å²) in [7, 11) is -3.48. The molecule has 0 radical (unpaired) electrons. The fourth-order valence-corrected chi connectivity index (χ4v) is 5.88. The molecule has 1 saturated heterocycles. The van der Waals surface area contributed by atoms with Gasteiger partial charge in [0.2, 0.25) is 5.95 Å². The minimum absolute atomic E-state index is 0.00898. The van der Waals surface area contributed by atoms with Crippen LogP contribution in [0.3, 0.4) is 0 Å². The zero-order valence-electron chi connectivity index (χ0n) is 25.1. The minimum Gasteiger partial charge on any atom is -0.489 e. The van der Waals surface area contributed by atoms with Crippen molar-refractivity contribution >= 4 is 33.0 Å². The van der Waals surface area contributed by atoms with E-state index in [1.165, 1.54) is 11.1 Å². The number of nitrogens with one attached hydrogen (secondary N) is 3. The van der Waals surface area contributed by atoms with Gasteiger partial charge in [0, 0.05) is 11.8 Å². The predicted molar refractivity (Wildman–Crippen MR) is 165 cm³/mol. The van der Waals surface area contributed by atoms with Crippen molar-refractivity contribution in [2.75, 3.05) is 23.7 Å². The van der Waals surface area contributed by atoms with E-state index in [9.17, 15) is 8.42 Å². The van der Waals surface area contributed by atoms with E-state index >= 15 is 0 Å². The largest absolute Gasteiger partial charge is 0.489 e. The van der Waals surface area contributed by atoms with Crippen LogP contribution in [-0.4, -0.2) is 42.8 Å². The number of para-hydroxylation sites is 1. The molecule has 1 aromatic heterocycles. The Morgan fingerprint density at radius 2 is 1.62 bits per heavy atom. The maximum atomic E-state index is 12.9. The third-order valence-electron chi connectivity index (χ3n) is 6.80. The first-order chi connectivity index (χ1) is 19.1. The van der Waals surface area contributed by atoms with Crippen LogP contribution >= 0.6 is 0 Å². The van der Waals surface area contributed by atoms with Crippen LogP contribution < -0.4 is 20.7 Å². The van der Waals surface area contributed by atoms with Gasteiger partial charge in [-0.25, -0.2) is 13.4 Å². The van der Waals surface area contributed by atoms with Crippen molar-refractivity contribution in [3.63, 3.8) is 0 Å². The lowest BCUT2D eigenvalue weighted by Gasteiger charge is -2.26. The van der Waals surface area contributed by atoms with Gasteiger partial charge in [-0.1, -0.05) is 26.0 Å². The number of anilines is 4. The molecule has 0 unspecified atom stereocenters. The molecule has 0 atom stereocenters. The lowest BCUT2D eigenvalue weighted by molar-refractivity contribution is 0.243. The summed E-state index contributed by atoms with van der Waals surface area (Å²) in [6.07, 6.45) is 3.95. The third kappa shape index (κ3) is 7.52. The molecule has 218 valence electrons. The first-order valence-electron chi connectivity index (χ1n) is 14.3. The Morgan fingerprint density at radius 1 is 0.950 bits per heavy atom. The van der Waals surface area contributed by atoms with Crippen LogP contribution in [-0.2, 0) is 9.84 Å². The molecule has 3 N–H and O–H groups in total. The first kappa shape index (κ1) is 31.4. The van der Waals surface area contributed by atoms with Gasteiger partial charge in [0.15, 0.2) is 9.84 Å². The van der Waals surface area contributed by atoms with Crippen LogP contribution in [0.25, 0.3) is 0 Å². The van der Waals surface area contributed by atoms with E-state index < -0.39 is 15.1 Å². The van der Waals surface area contributed by atoms with Crippen LogP contribution in [0, 0.1) is 13.8 Å². The Hall–Kier alpha value is -3.17. The highest BCUT2D eigenvalue weighted by molar-refractivity contribution is 7.92. The van der Waals surface area contributed by atoms with Crippen molar-refractivity contribution in [2.45, 2.75) is 90.4 Å². The lowest BCUT2D eigenvalue weighted by atomic mass is 9.87. The highest BCUT2D eigenvalue weighted by atomic mass is 32.2. The number of nitrogens with zero attached hydrogens (tertiary/aromatic N) is 2. The summed E-state index contributed by atoms with van der Waals surface area (Å²) in [6, 6.07) is 11.2. The molecule has 0 saturated carbocycles. The van der Waals surface area contributed by atoms with E-state index in [0.29, 0.717) is 23.4 Å².